The number of anilines is 1. The molecule has 2 amide bonds. The molecule has 2 aromatic rings. The summed E-state index contributed by atoms with van der Waals surface area (Å²) in [6, 6.07) is 16.6. The molecule has 1 aliphatic heterocycles. The highest BCUT2D eigenvalue weighted by Gasteiger charge is 2.36. The number of carbonyl (C=O) groups excluding carboxylic acids is 2. The van der Waals surface area contributed by atoms with Crippen LogP contribution in [-0.4, -0.2) is 28.0 Å². The van der Waals surface area contributed by atoms with E-state index in [1.807, 2.05) is 29.2 Å². The average molecular weight is 395 g/mol. The van der Waals surface area contributed by atoms with Crippen LogP contribution in [0.4, 0.5) is 5.69 Å². The van der Waals surface area contributed by atoms with E-state index in [0.29, 0.717) is 18.5 Å². The number of rotatable bonds is 6. The number of hydrogen-bond acceptors (Lipinski definition) is 3. The highest BCUT2D eigenvalue weighted by atomic mass is 32.2. The first kappa shape index (κ1) is 19.1. The Bertz CT molecular complexity index is 874. The van der Waals surface area contributed by atoms with Crippen LogP contribution in [0.1, 0.15) is 50.2 Å². The minimum absolute atomic E-state index is 0.0717. The van der Waals surface area contributed by atoms with Crippen molar-refractivity contribution in [1.82, 2.24) is 4.90 Å². The molecule has 4 rings (SSSR count). The van der Waals surface area contributed by atoms with Gasteiger partial charge in [-0.1, -0.05) is 50.2 Å². The van der Waals surface area contributed by atoms with E-state index in [4.69, 9.17) is 0 Å². The van der Waals surface area contributed by atoms with Gasteiger partial charge in [0.2, 0.25) is 11.8 Å². The van der Waals surface area contributed by atoms with Crippen molar-refractivity contribution >= 4 is 29.3 Å². The van der Waals surface area contributed by atoms with E-state index in [2.05, 4.69) is 43.4 Å². The minimum atomic E-state index is -0.369. The van der Waals surface area contributed by atoms with Crippen LogP contribution in [0, 0.1) is 0 Å². The van der Waals surface area contributed by atoms with E-state index in [9.17, 15) is 9.59 Å². The van der Waals surface area contributed by atoms with Crippen molar-refractivity contribution in [2.24, 2.45) is 0 Å². The van der Waals surface area contributed by atoms with Crippen LogP contribution < -0.4 is 5.32 Å². The molecule has 1 N–H and O–H groups in total. The van der Waals surface area contributed by atoms with Gasteiger partial charge in [-0.2, -0.15) is 0 Å². The summed E-state index contributed by atoms with van der Waals surface area (Å²) in [6.07, 6.45) is 2.36. The standard InChI is InChI=1S/C23H26N2O2S/c1-15(2)17-9-7-16(8-10-17)14-25(18-11-12-18)22(26)13-21-23(27)24-19-5-3-4-6-20(19)28-21/h3-10,15,18,21H,11-14H2,1-2H3,(H,24,27)/t21-/m1/s1. The molecule has 0 spiro atoms. The smallest absolute Gasteiger partial charge is 0.238 e. The molecular weight excluding hydrogens is 368 g/mol. The highest BCUT2D eigenvalue weighted by molar-refractivity contribution is 8.01. The number of amides is 2. The molecule has 2 aliphatic rings. The van der Waals surface area contributed by atoms with Crippen molar-refractivity contribution in [1.29, 1.82) is 0 Å². The van der Waals surface area contributed by atoms with E-state index < -0.39 is 0 Å². The fourth-order valence-electron chi connectivity index (χ4n) is 3.51. The normalized spacial score (nSPS) is 18.5. The van der Waals surface area contributed by atoms with Gasteiger partial charge in [0.25, 0.3) is 0 Å². The van der Waals surface area contributed by atoms with Gasteiger partial charge in [-0.05, 0) is 42.0 Å². The quantitative estimate of drug-likeness (QED) is 0.765. The molecule has 1 atom stereocenters. The van der Waals surface area contributed by atoms with Gasteiger partial charge in [0, 0.05) is 23.9 Å². The fourth-order valence-corrected chi connectivity index (χ4v) is 4.62. The number of carbonyl (C=O) groups is 2. The first-order valence-electron chi connectivity index (χ1n) is 9.96. The third kappa shape index (κ3) is 4.25. The lowest BCUT2D eigenvalue weighted by Gasteiger charge is -2.27. The Morgan fingerprint density at radius 3 is 2.54 bits per heavy atom. The number of fused-ring (bicyclic) bond motifs is 1. The number of para-hydroxylation sites is 1. The molecule has 28 heavy (non-hydrogen) atoms. The molecule has 1 saturated carbocycles. The fraction of sp³-hybridized carbons (Fsp3) is 0.391. The SMILES string of the molecule is CC(C)c1ccc(CN(C(=O)C[C@H]2Sc3ccccc3NC2=O)C2CC2)cc1. The van der Waals surface area contributed by atoms with Gasteiger partial charge < -0.3 is 10.2 Å². The van der Waals surface area contributed by atoms with Gasteiger partial charge in [0.1, 0.15) is 0 Å². The Kier molecular flexibility index (Phi) is 5.44. The van der Waals surface area contributed by atoms with Crippen molar-refractivity contribution in [2.75, 3.05) is 5.32 Å². The van der Waals surface area contributed by atoms with Crippen LogP contribution >= 0.6 is 11.8 Å². The molecule has 0 saturated heterocycles. The van der Waals surface area contributed by atoms with Crippen LogP contribution in [0.2, 0.25) is 0 Å². The molecule has 0 bridgehead atoms. The molecule has 1 aliphatic carbocycles. The van der Waals surface area contributed by atoms with Crippen LogP contribution in [0.25, 0.3) is 0 Å². The zero-order valence-corrected chi connectivity index (χ0v) is 17.2. The first-order valence-corrected chi connectivity index (χ1v) is 10.8. The van der Waals surface area contributed by atoms with Crippen LogP contribution in [-0.2, 0) is 16.1 Å². The van der Waals surface area contributed by atoms with Gasteiger partial charge in [-0.15, -0.1) is 11.8 Å². The molecule has 1 fully saturated rings. The van der Waals surface area contributed by atoms with E-state index >= 15 is 0 Å². The molecule has 4 nitrogen and oxygen atoms in total. The van der Waals surface area contributed by atoms with Crippen LogP contribution in [0.3, 0.4) is 0 Å². The maximum Gasteiger partial charge on any atom is 0.238 e. The Morgan fingerprint density at radius 2 is 1.86 bits per heavy atom. The zero-order chi connectivity index (χ0) is 19.7. The zero-order valence-electron chi connectivity index (χ0n) is 16.4. The van der Waals surface area contributed by atoms with Crippen LogP contribution in [0.15, 0.2) is 53.4 Å². The molecule has 1 heterocycles. The minimum Gasteiger partial charge on any atom is -0.335 e. The maximum atomic E-state index is 13.1. The van der Waals surface area contributed by atoms with Gasteiger partial charge in [-0.25, -0.2) is 0 Å². The predicted molar refractivity (Wildman–Crippen MR) is 113 cm³/mol. The van der Waals surface area contributed by atoms with Crippen molar-refractivity contribution in [2.45, 2.75) is 61.8 Å². The topological polar surface area (TPSA) is 49.4 Å². The second-order valence-electron chi connectivity index (χ2n) is 7.95. The van der Waals surface area contributed by atoms with E-state index in [1.54, 1.807) is 0 Å². The number of nitrogens with zero attached hydrogens (tertiary/aromatic N) is 1. The summed E-state index contributed by atoms with van der Waals surface area (Å²) in [5, 5.41) is 2.57. The molecule has 0 unspecified atom stereocenters. The summed E-state index contributed by atoms with van der Waals surface area (Å²) >= 11 is 1.49. The summed E-state index contributed by atoms with van der Waals surface area (Å²) in [4.78, 5) is 28.5. The molecule has 2 aromatic carbocycles. The molecule has 0 aromatic heterocycles. The largest absolute Gasteiger partial charge is 0.335 e. The summed E-state index contributed by atoms with van der Waals surface area (Å²) in [5.74, 6) is 0.497. The lowest BCUT2D eigenvalue weighted by Crippen LogP contribution is -2.38. The lowest BCUT2D eigenvalue weighted by molar-refractivity contribution is -0.133. The third-order valence-corrected chi connectivity index (χ3v) is 6.65. The number of thioether (sulfide) groups is 1. The van der Waals surface area contributed by atoms with Gasteiger partial charge >= 0.3 is 0 Å². The Labute approximate surface area is 170 Å². The second-order valence-corrected chi connectivity index (χ2v) is 9.19. The maximum absolute atomic E-state index is 13.1. The van der Waals surface area contributed by atoms with E-state index in [-0.39, 0.29) is 23.5 Å². The van der Waals surface area contributed by atoms with Crippen molar-refractivity contribution < 1.29 is 9.59 Å². The molecule has 0 radical (unpaired) electrons. The second kappa shape index (κ2) is 8.00. The Morgan fingerprint density at radius 1 is 1.14 bits per heavy atom. The Hall–Kier alpha value is -2.27. The van der Waals surface area contributed by atoms with Crippen LogP contribution in [0.5, 0.6) is 0 Å². The summed E-state index contributed by atoms with van der Waals surface area (Å²) in [6.45, 7) is 4.98. The summed E-state index contributed by atoms with van der Waals surface area (Å²) in [7, 11) is 0. The van der Waals surface area contributed by atoms with E-state index in [0.717, 1.165) is 29.0 Å². The highest BCUT2D eigenvalue weighted by Crippen LogP contribution is 2.38. The first-order chi connectivity index (χ1) is 13.5. The van der Waals surface area contributed by atoms with Crippen molar-refractivity contribution in [3.05, 3.63) is 59.7 Å². The van der Waals surface area contributed by atoms with E-state index in [1.165, 1.54) is 17.3 Å². The average Bonchev–Trinajstić information content (AvgIpc) is 3.52. The third-order valence-electron chi connectivity index (χ3n) is 5.37. The van der Waals surface area contributed by atoms with Crippen molar-refractivity contribution in [3.63, 3.8) is 0 Å². The summed E-state index contributed by atoms with van der Waals surface area (Å²) in [5.41, 5.74) is 3.29. The van der Waals surface area contributed by atoms with Crippen molar-refractivity contribution in [3.8, 4) is 0 Å². The monoisotopic (exact) mass is 394 g/mol. The number of hydrogen-bond donors (Lipinski definition) is 1. The Balaban J connectivity index is 1.44. The molecule has 5 heteroatoms. The number of nitrogens with one attached hydrogen (secondary N) is 1. The van der Waals surface area contributed by atoms with Gasteiger partial charge in [0.05, 0.1) is 10.9 Å². The lowest BCUT2D eigenvalue weighted by atomic mass is 10.0. The molecular formula is C23H26N2O2S. The van der Waals surface area contributed by atoms with Gasteiger partial charge in [-0.3, -0.25) is 9.59 Å². The van der Waals surface area contributed by atoms with Gasteiger partial charge in [0.15, 0.2) is 0 Å². The predicted octanol–water partition coefficient (Wildman–Crippen LogP) is 4.80. The molecule has 146 valence electrons. The number of benzene rings is 2. The summed E-state index contributed by atoms with van der Waals surface area (Å²) < 4.78 is 0.